The molecule has 1 aromatic heterocycles. The zero-order chi connectivity index (χ0) is 13.0. The van der Waals surface area contributed by atoms with E-state index in [2.05, 4.69) is 36.2 Å². The lowest BCUT2D eigenvalue weighted by Crippen LogP contribution is -2.25. The number of hydrogen-bond donors (Lipinski definition) is 1. The molecule has 0 saturated heterocycles. The molecule has 4 heteroatoms. The topological polar surface area (TPSA) is 51.0 Å². The Kier molecular flexibility index (Phi) is 4.75. The van der Waals surface area contributed by atoms with Gasteiger partial charge in [0.15, 0.2) is 5.82 Å². The number of hydrogen-bond acceptors (Lipinski definition) is 4. The fourth-order valence-electron chi connectivity index (χ4n) is 2.77. The molecule has 4 nitrogen and oxygen atoms in total. The first kappa shape index (κ1) is 13.5. The van der Waals surface area contributed by atoms with E-state index < -0.39 is 0 Å². The molecule has 0 aliphatic heterocycles. The van der Waals surface area contributed by atoms with Crippen molar-refractivity contribution in [3.05, 3.63) is 11.7 Å². The number of rotatable bonds is 6. The second kappa shape index (κ2) is 6.32. The van der Waals surface area contributed by atoms with Crippen molar-refractivity contribution >= 4 is 0 Å². The van der Waals surface area contributed by atoms with Gasteiger partial charge in [0.05, 0.1) is 0 Å². The van der Waals surface area contributed by atoms with Gasteiger partial charge < -0.3 is 9.84 Å². The van der Waals surface area contributed by atoms with Gasteiger partial charge in [-0.25, -0.2) is 0 Å². The van der Waals surface area contributed by atoms with Gasteiger partial charge in [0.25, 0.3) is 0 Å². The Morgan fingerprint density at radius 3 is 2.94 bits per heavy atom. The Morgan fingerprint density at radius 1 is 1.44 bits per heavy atom. The molecule has 1 fully saturated rings. The smallest absolute Gasteiger partial charge is 0.226 e. The first-order chi connectivity index (χ1) is 8.69. The predicted octanol–water partition coefficient (Wildman–Crippen LogP) is 2.90. The van der Waals surface area contributed by atoms with E-state index in [1.54, 1.807) is 0 Å². The van der Waals surface area contributed by atoms with Gasteiger partial charge in [-0.2, -0.15) is 4.98 Å². The van der Waals surface area contributed by atoms with Crippen LogP contribution in [0.3, 0.4) is 0 Å². The largest absolute Gasteiger partial charge is 0.339 e. The molecule has 0 bridgehead atoms. The summed E-state index contributed by atoms with van der Waals surface area (Å²) in [5, 5.41) is 7.54. The van der Waals surface area contributed by atoms with Crippen molar-refractivity contribution < 1.29 is 4.52 Å². The molecule has 18 heavy (non-hydrogen) atoms. The summed E-state index contributed by atoms with van der Waals surface area (Å²) in [4.78, 5) is 4.55. The first-order valence-electron chi connectivity index (χ1n) is 7.25. The predicted molar refractivity (Wildman–Crippen MR) is 71.5 cm³/mol. The maximum atomic E-state index is 5.35. The van der Waals surface area contributed by atoms with E-state index in [4.69, 9.17) is 4.52 Å². The highest BCUT2D eigenvalue weighted by atomic mass is 16.5. The molecule has 3 atom stereocenters. The molecular formula is C14H25N3O. The molecule has 0 aromatic carbocycles. The highest BCUT2D eigenvalue weighted by Gasteiger charge is 2.26. The van der Waals surface area contributed by atoms with Crippen LogP contribution < -0.4 is 5.32 Å². The Labute approximate surface area is 110 Å². The summed E-state index contributed by atoms with van der Waals surface area (Å²) in [6.07, 6.45) is 5.66. The lowest BCUT2D eigenvalue weighted by Gasteiger charge is -2.09. The van der Waals surface area contributed by atoms with Gasteiger partial charge in [0.1, 0.15) is 0 Å². The fourth-order valence-corrected chi connectivity index (χ4v) is 2.77. The Bertz CT molecular complexity index is 364. The van der Waals surface area contributed by atoms with E-state index in [1.165, 1.54) is 19.3 Å². The second-order valence-electron chi connectivity index (χ2n) is 5.66. The molecule has 2 rings (SSSR count). The minimum Gasteiger partial charge on any atom is -0.339 e. The summed E-state index contributed by atoms with van der Waals surface area (Å²) >= 11 is 0. The van der Waals surface area contributed by atoms with E-state index in [1.807, 2.05) is 0 Å². The van der Waals surface area contributed by atoms with Crippen LogP contribution in [0.4, 0.5) is 0 Å². The van der Waals surface area contributed by atoms with Crippen molar-refractivity contribution in [3.63, 3.8) is 0 Å². The van der Waals surface area contributed by atoms with Crippen molar-refractivity contribution in [2.24, 2.45) is 5.92 Å². The van der Waals surface area contributed by atoms with Gasteiger partial charge in [0, 0.05) is 18.4 Å². The van der Waals surface area contributed by atoms with Crippen LogP contribution in [-0.2, 0) is 6.42 Å². The fraction of sp³-hybridized carbons (Fsp3) is 0.857. The summed E-state index contributed by atoms with van der Waals surface area (Å²) < 4.78 is 5.35. The summed E-state index contributed by atoms with van der Waals surface area (Å²) in [5.41, 5.74) is 0. The van der Waals surface area contributed by atoms with Crippen LogP contribution in [-0.4, -0.2) is 22.7 Å². The second-order valence-corrected chi connectivity index (χ2v) is 5.66. The van der Waals surface area contributed by atoms with E-state index >= 15 is 0 Å². The monoisotopic (exact) mass is 251 g/mol. The Hall–Kier alpha value is -0.900. The molecule has 1 aliphatic carbocycles. The van der Waals surface area contributed by atoms with Crippen LogP contribution in [0.5, 0.6) is 0 Å². The maximum Gasteiger partial charge on any atom is 0.226 e. The summed E-state index contributed by atoms with van der Waals surface area (Å²) in [6, 6.07) is 0.511. The van der Waals surface area contributed by atoms with Gasteiger partial charge in [-0.1, -0.05) is 19.0 Å². The highest BCUT2D eigenvalue weighted by molar-refractivity contribution is 4.99. The van der Waals surface area contributed by atoms with E-state index in [9.17, 15) is 0 Å². The zero-order valence-electron chi connectivity index (χ0n) is 11.8. The number of aromatic nitrogens is 2. The van der Waals surface area contributed by atoms with Gasteiger partial charge in [-0.05, 0) is 45.1 Å². The van der Waals surface area contributed by atoms with Gasteiger partial charge in [0.2, 0.25) is 5.89 Å². The van der Waals surface area contributed by atoms with Crippen molar-refractivity contribution in [1.82, 2.24) is 15.5 Å². The van der Waals surface area contributed by atoms with Crippen molar-refractivity contribution in [2.45, 2.75) is 64.8 Å². The maximum absolute atomic E-state index is 5.35. The van der Waals surface area contributed by atoms with Crippen LogP contribution in [0.25, 0.3) is 0 Å². The van der Waals surface area contributed by atoms with Crippen LogP contribution in [0, 0.1) is 5.92 Å². The molecule has 102 valence electrons. The van der Waals surface area contributed by atoms with E-state index in [-0.39, 0.29) is 0 Å². The molecule has 1 aromatic rings. The summed E-state index contributed by atoms with van der Waals surface area (Å²) in [6.45, 7) is 7.64. The Balaban J connectivity index is 1.82. The average molecular weight is 251 g/mol. The third kappa shape index (κ3) is 3.55. The third-order valence-corrected chi connectivity index (χ3v) is 3.89. The van der Waals surface area contributed by atoms with Crippen LogP contribution in [0.15, 0.2) is 4.52 Å². The standard InChI is InChI=1S/C14H25N3O/c1-4-15-11(3)6-8-13-16-14(17-18-13)12-7-5-10(2)9-12/h10-12,15H,4-9H2,1-3H3. The summed E-state index contributed by atoms with van der Waals surface area (Å²) in [7, 11) is 0. The molecule has 1 aliphatic rings. The molecule has 0 spiro atoms. The lowest BCUT2D eigenvalue weighted by molar-refractivity contribution is 0.360. The third-order valence-electron chi connectivity index (χ3n) is 3.89. The van der Waals surface area contributed by atoms with Crippen LogP contribution >= 0.6 is 0 Å². The highest BCUT2D eigenvalue weighted by Crippen LogP contribution is 2.36. The lowest BCUT2D eigenvalue weighted by atomic mass is 10.1. The molecule has 3 unspecified atom stereocenters. The normalized spacial score (nSPS) is 25.5. The average Bonchev–Trinajstić information content (AvgIpc) is 2.95. The van der Waals surface area contributed by atoms with Gasteiger partial charge in [-0.15, -0.1) is 0 Å². The zero-order valence-corrected chi connectivity index (χ0v) is 11.8. The quantitative estimate of drug-likeness (QED) is 0.844. The van der Waals surface area contributed by atoms with E-state index in [0.29, 0.717) is 12.0 Å². The van der Waals surface area contributed by atoms with Crippen LogP contribution in [0.1, 0.15) is 64.1 Å². The number of nitrogens with one attached hydrogen (secondary N) is 1. The van der Waals surface area contributed by atoms with Crippen molar-refractivity contribution in [2.75, 3.05) is 6.54 Å². The Morgan fingerprint density at radius 2 is 2.28 bits per heavy atom. The molecule has 1 saturated carbocycles. The molecule has 1 heterocycles. The number of nitrogens with zero attached hydrogens (tertiary/aromatic N) is 2. The molecular weight excluding hydrogens is 226 g/mol. The molecule has 0 radical (unpaired) electrons. The van der Waals surface area contributed by atoms with Gasteiger partial charge >= 0.3 is 0 Å². The van der Waals surface area contributed by atoms with E-state index in [0.717, 1.165) is 37.0 Å². The summed E-state index contributed by atoms with van der Waals surface area (Å²) in [5.74, 6) is 3.08. The van der Waals surface area contributed by atoms with Crippen molar-refractivity contribution in [1.29, 1.82) is 0 Å². The SMILES string of the molecule is CCNC(C)CCc1nc(C2CCC(C)C2)no1. The number of aryl methyl sites for hydroxylation is 1. The molecule has 0 amide bonds. The van der Waals surface area contributed by atoms with Crippen molar-refractivity contribution in [3.8, 4) is 0 Å². The minimum atomic E-state index is 0.511. The molecule has 1 N–H and O–H groups in total. The first-order valence-corrected chi connectivity index (χ1v) is 7.25. The minimum absolute atomic E-state index is 0.511. The van der Waals surface area contributed by atoms with Gasteiger partial charge in [-0.3, -0.25) is 0 Å². The van der Waals surface area contributed by atoms with Crippen LogP contribution in [0.2, 0.25) is 0 Å².